The molecule has 1 aliphatic carbocycles. The highest BCUT2D eigenvalue weighted by Crippen LogP contribution is 2.46. The number of carbonyl (C=O) groups is 2. The lowest BCUT2D eigenvalue weighted by Crippen LogP contribution is -2.42. The average Bonchev–Trinajstić information content (AvgIpc) is 2.78. The number of methoxy groups -OCH3 is 1. The Morgan fingerprint density at radius 3 is 2.62 bits per heavy atom. The summed E-state index contributed by atoms with van der Waals surface area (Å²) in [4.78, 5) is 28.9. The van der Waals surface area contributed by atoms with Crippen LogP contribution in [0.1, 0.15) is 63.9 Å². The number of amides is 1. The fourth-order valence-corrected chi connectivity index (χ4v) is 5.70. The number of ketones is 1. The number of rotatable bonds is 5. The van der Waals surface area contributed by atoms with E-state index in [1.54, 1.807) is 7.11 Å². The van der Waals surface area contributed by atoms with Crippen LogP contribution in [0.5, 0.6) is 11.5 Å². The summed E-state index contributed by atoms with van der Waals surface area (Å²) < 4.78 is 12.1. The molecule has 6 nitrogen and oxygen atoms in total. The highest BCUT2D eigenvalue weighted by atomic mass is 79.9. The van der Waals surface area contributed by atoms with Crippen LogP contribution in [0.15, 0.2) is 39.1 Å². The van der Waals surface area contributed by atoms with Gasteiger partial charge in [0.2, 0.25) is 0 Å². The third-order valence-electron chi connectivity index (χ3n) is 6.52. The number of Topliss-reactive ketones (excluding diaryl/α,β-unsaturated/α-hetero) is 1. The SMILES string of the molecule is CCOc1cc(C2C(C(=O)N3CCCCC3)=C(C)NC3=C2C(=O)CCC3)cc(Br)c1OC. The minimum absolute atomic E-state index is 0.0227. The number of dihydropyridines is 1. The lowest BCUT2D eigenvalue weighted by atomic mass is 9.74. The van der Waals surface area contributed by atoms with Crippen LogP contribution in [-0.2, 0) is 9.59 Å². The number of benzene rings is 1. The van der Waals surface area contributed by atoms with Crippen molar-refractivity contribution < 1.29 is 19.1 Å². The Morgan fingerprint density at radius 1 is 1.19 bits per heavy atom. The van der Waals surface area contributed by atoms with Gasteiger partial charge in [-0.05, 0) is 79.6 Å². The van der Waals surface area contributed by atoms with Gasteiger partial charge in [-0.2, -0.15) is 0 Å². The first-order valence-corrected chi connectivity index (χ1v) is 12.3. The minimum atomic E-state index is -0.421. The van der Waals surface area contributed by atoms with E-state index in [0.29, 0.717) is 30.1 Å². The van der Waals surface area contributed by atoms with Crippen LogP contribution < -0.4 is 14.8 Å². The van der Waals surface area contributed by atoms with Crippen molar-refractivity contribution in [1.29, 1.82) is 0 Å². The van der Waals surface area contributed by atoms with Crippen LogP contribution in [0, 0.1) is 0 Å². The molecule has 2 aliphatic heterocycles. The molecule has 0 saturated carbocycles. The molecule has 1 unspecified atom stereocenters. The van der Waals surface area contributed by atoms with Gasteiger partial charge in [0.25, 0.3) is 5.91 Å². The van der Waals surface area contributed by atoms with Crippen LogP contribution in [-0.4, -0.2) is 43.4 Å². The maximum atomic E-state index is 13.8. The van der Waals surface area contributed by atoms with Crippen LogP contribution in [0.3, 0.4) is 0 Å². The summed E-state index contributed by atoms with van der Waals surface area (Å²) >= 11 is 3.61. The van der Waals surface area contributed by atoms with E-state index < -0.39 is 5.92 Å². The molecule has 0 spiro atoms. The molecule has 1 amide bonds. The highest BCUT2D eigenvalue weighted by Gasteiger charge is 2.40. The summed E-state index contributed by atoms with van der Waals surface area (Å²) in [5.74, 6) is 0.929. The number of allylic oxidation sites excluding steroid dienone is 3. The number of carbonyl (C=O) groups excluding carboxylic acids is 2. The van der Waals surface area contributed by atoms with Gasteiger partial charge in [-0.3, -0.25) is 9.59 Å². The number of nitrogens with zero attached hydrogens (tertiary/aromatic N) is 1. The van der Waals surface area contributed by atoms with Crippen molar-refractivity contribution in [2.24, 2.45) is 0 Å². The maximum Gasteiger partial charge on any atom is 0.252 e. The van der Waals surface area contributed by atoms with Crippen molar-refractivity contribution in [2.45, 2.75) is 58.3 Å². The van der Waals surface area contributed by atoms with E-state index in [-0.39, 0.29) is 11.7 Å². The van der Waals surface area contributed by atoms with Gasteiger partial charge >= 0.3 is 0 Å². The lowest BCUT2D eigenvalue weighted by molar-refractivity contribution is -0.128. The second kappa shape index (κ2) is 9.69. The topological polar surface area (TPSA) is 67.9 Å². The van der Waals surface area contributed by atoms with Gasteiger partial charge < -0.3 is 19.7 Å². The minimum Gasteiger partial charge on any atom is -0.492 e. The fraction of sp³-hybridized carbons (Fsp3) is 0.520. The smallest absolute Gasteiger partial charge is 0.252 e. The summed E-state index contributed by atoms with van der Waals surface area (Å²) in [6.45, 7) is 5.89. The Bertz CT molecular complexity index is 992. The van der Waals surface area contributed by atoms with E-state index in [1.807, 2.05) is 30.9 Å². The second-order valence-corrected chi connectivity index (χ2v) is 9.44. The number of halogens is 1. The average molecular weight is 503 g/mol. The van der Waals surface area contributed by atoms with E-state index in [9.17, 15) is 9.59 Å². The van der Waals surface area contributed by atoms with Gasteiger partial charge in [0, 0.05) is 48.0 Å². The highest BCUT2D eigenvalue weighted by molar-refractivity contribution is 9.10. The number of ether oxygens (including phenoxy) is 2. The van der Waals surface area contributed by atoms with E-state index in [1.165, 1.54) is 0 Å². The lowest BCUT2D eigenvalue weighted by Gasteiger charge is -2.37. The van der Waals surface area contributed by atoms with Crippen molar-refractivity contribution >= 4 is 27.6 Å². The van der Waals surface area contributed by atoms with Crippen molar-refractivity contribution in [2.75, 3.05) is 26.8 Å². The number of piperidine rings is 1. The molecule has 1 atom stereocenters. The molecule has 1 aromatic carbocycles. The molecule has 0 bridgehead atoms. The van der Waals surface area contributed by atoms with Crippen molar-refractivity contribution in [3.05, 3.63) is 44.7 Å². The summed E-state index contributed by atoms with van der Waals surface area (Å²) in [5, 5.41) is 3.42. The van der Waals surface area contributed by atoms with Crippen molar-refractivity contribution in [3.8, 4) is 11.5 Å². The molecule has 0 aromatic heterocycles. The van der Waals surface area contributed by atoms with E-state index in [0.717, 1.165) is 72.2 Å². The molecular weight excluding hydrogens is 472 g/mol. The van der Waals surface area contributed by atoms with Gasteiger partial charge in [0.15, 0.2) is 17.3 Å². The van der Waals surface area contributed by atoms with Gasteiger partial charge in [0.1, 0.15) is 0 Å². The Hall–Kier alpha value is -2.28. The second-order valence-electron chi connectivity index (χ2n) is 8.59. The van der Waals surface area contributed by atoms with Crippen molar-refractivity contribution in [1.82, 2.24) is 10.2 Å². The molecule has 1 saturated heterocycles. The van der Waals surface area contributed by atoms with E-state index in [4.69, 9.17) is 9.47 Å². The zero-order valence-corrected chi connectivity index (χ0v) is 20.6. The number of likely N-dealkylation sites (tertiary alicyclic amines) is 1. The summed E-state index contributed by atoms with van der Waals surface area (Å²) in [6, 6.07) is 3.88. The Balaban J connectivity index is 1.87. The van der Waals surface area contributed by atoms with Crippen LogP contribution in [0.4, 0.5) is 0 Å². The molecule has 2 heterocycles. The molecule has 4 rings (SSSR count). The first-order valence-electron chi connectivity index (χ1n) is 11.5. The molecule has 1 fully saturated rings. The predicted octanol–water partition coefficient (Wildman–Crippen LogP) is 4.84. The van der Waals surface area contributed by atoms with Crippen molar-refractivity contribution in [3.63, 3.8) is 0 Å². The number of hydrogen-bond donors (Lipinski definition) is 1. The zero-order chi connectivity index (χ0) is 22.8. The first kappa shape index (κ1) is 22.9. The molecule has 0 radical (unpaired) electrons. The molecule has 3 aliphatic rings. The standard InChI is InChI=1S/C25H31BrN2O4/c1-4-32-20-14-16(13-17(26)24(20)31-3)22-21(25(30)28-11-6-5-7-12-28)15(2)27-18-9-8-10-19(29)23(18)22/h13-14,22,27H,4-12H2,1-3H3. The molecule has 7 heteroatoms. The van der Waals surface area contributed by atoms with Gasteiger partial charge in [-0.15, -0.1) is 0 Å². The van der Waals surface area contributed by atoms with Gasteiger partial charge in [-0.1, -0.05) is 0 Å². The quantitative estimate of drug-likeness (QED) is 0.623. The maximum absolute atomic E-state index is 13.8. The fourth-order valence-electron chi connectivity index (χ4n) is 5.08. The summed E-state index contributed by atoms with van der Waals surface area (Å²) in [5.41, 5.74) is 4.04. The zero-order valence-electron chi connectivity index (χ0n) is 19.1. The van der Waals surface area contributed by atoms with E-state index >= 15 is 0 Å². The Morgan fingerprint density at radius 2 is 1.94 bits per heavy atom. The summed E-state index contributed by atoms with van der Waals surface area (Å²) in [7, 11) is 1.60. The predicted molar refractivity (Wildman–Crippen MR) is 127 cm³/mol. The van der Waals surface area contributed by atoms with Gasteiger partial charge in [0.05, 0.1) is 18.2 Å². The Labute approximate surface area is 198 Å². The molecular formula is C25H31BrN2O4. The monoisotopic (exact) mass is 502 g/mol. The first-order chi connectivity index (χ1) is 15.5. The third-order valence-corrected chi connectivity index (χ3v) is 7.11. The molecule has 1 aromatic rings. The number of nitrogens with one attached hydrogen (secondary N) is 1. The molecule has 1 N–H and O–H groups in total. The van der Waals surface area contributed by atoms with Gasteiger partial charge in [-0.25, -0.2) is 0 Å². The Kier molecular flexibility index (Phi) is 6.93. The van der Waals surface area contributed by atoms with Crippen LogP contribution in [0.2, 0.25) is 0 Å². The largest absolute Gasteiger partial charge is 0.492 e. The van der Waals surface area contributed by atoms with Crippen LogP contribution >= 0.6 is 15.9 Å². The van der Waals surface area contributed by atoms with E-state index in [2.05, 4.69) is 21.2 Å². The molecule has 172 valence electrons. The number of hydrogen-bond acceptors (Lipinski definition) is 5. The summed E-state index contributed by atoms with van der Waals surface area (Å²) in [6.07, 6.45) is 5.35. The normalized spacial score (nSPS) is 21.3. The molecule has 32 heavy (non-hydrogen) atoms. The van der Waals surface area contributed by atoms with Crippen LogP contribution in [0.25, 0.3) is 0 Å². The third kappa shape index (κ3) is 4.19.